The number of aromatic nitrogens is 1. The zero-order chi connectivity index (χ0) is 27.6. The van der Waals surface area contributed by atoms with Gasteiger partial charge in [-0.2, -0.15) is 0 Å². The van der Waals surface area contributed by atoms with Crippen LogP contribution in [0.1, 0.15) is 87.6 Å². The summed E-state index contributed by atoms with van der Waals surface area (Å²) in [5.74, 6) is 0.788. The van der Waals surface area contributed by atoms with Crippen molar-refractivity contribution in [3.8, 4) is 0 Å². The molecular weight excluding hydrogens is 491 g/mol. The quantitative estimate of drug-likeness (QED) is 0.434. The third-order valence-electron chi connectivity index (χ3n) is 8.07. The number of halogens is 1. The number of fused-ring (bicyclic) bond motifs is 1. The van der Waals surface area contributed by atoms with Crippen LogP contribution in [0, 0.1) is 17.7 Å². The van der Waals surface area contributed by atoms with Crippen molar-refractivity contribution in [2.75, 3.05) is 37.6 Å². The van der Waals surface area contributed by atoms with Crippen molar-refractivity contribution in [3.63, 3.8) is 0 Å². The number of amides is 2. The van der Waals surface area contributed by atoms with Crippen molar-refractivity contribution in [1.82, 2.24) is 14.8 Å². The van der Waals surface area contributed by atoms with Crippen LogP contribution in [0.25, 0.3) is 0 Å². The van der Waals surface area contributed by atoms with Gasteiger partial charge in [-0.05, 0) is 80.1 Å². The van der Waals surface area contributed by atoms with Crippen LogP contribution in [-0.4, -0.2) is 59.3 Å². The van der Waals surface area contributed by atoms with E-state index in [0.29, 0.717) is 54.7 Å². The average Bonchev–Trinajstić information content (AvgIpc) is 2.93. The van der Waals surface area contributed by atoms with E-state index in [1.807, 2.05) is 4.90 Å². The fraction of sp³-hybridized carbons (Fsp3) is 0.594. The fourth-order valence-corrected chi connectivity index (χ4v) is 6.13. The molecule has 0 unspecified atom stereocenters. The molecule has 2 heterocycles. The minimum absolute atomic E-state index is 0.133. The van der Waals surface area contributed by atoms with E-state index in [-0.39, 0.29) is 17.6 Å². The van der Waals surface area contributed by atoms with E-state index in [4.69, 9.17) is 0 Å². The highest BCUT2D eigenvalue weighted by Crippen LogP contribution is 2.29. The van der Waals surface area contributed by atoms with Gasteiger partial charge in [0, 0.05) is 50.7 Å². The highest BCUT2D eigenvalue weighted by Gasteiger charge is 2.25. The van der Waals surface area contributed by atoms with Gasteiger partial charge >= 0.3 is 0 Å². The van der Waals surface area contributed by atoms with Gasteiger partial charge in [0.2, 0.25) is 5.91 Å². The summed E-state index contributed by atoms with van der Waals surface area (Å²) in [5.41, 5.74) is 1.85. The van der Waals surface area contributed by atoms with Gasteiger partial charge in [0.05, 0.1) is 5.56 Å². The van der Waals surface area contributed by atoms with Crippen LogP contribution in [0.4, 0.5) is 10.1 Å². The van der Waals surface area contributed by atoms with E-state index in [9.17, 15) is 14.0 Å². The molecule has 0 bridgehead atoms. The maximum absolute atomic E-state index is 14.6. The van der Waals surface area contributed by atoms with E-state index < -0.39 is 0 Å². The first-order valence-electron chi connectivity index (χ1n) is 14.9. The lowest BCUT2D eigenvalue weighted by molar-refractivity contribution is -0.132. The Labute approximate surface area is 233 Å². The summed E-state index contributed by atoms with van der Waals surface area (Å²) in [4.78, 5) is 37.6. The highest BCUT2D eigenvalue weighted by atomic mass is 19.1. The molecule has 39 heavy (non-hydrogen) atoms. The zero-order valence-electron chi connectivity index (χ0n) is 23.8. The molecule has 212 valence electrons. The van der Waals surface area contributed by atoms with Crippen molar-refractivity contribution in [2.24, 2.45) is 11.8 Å². The minimum atomic E-state index is -0.354. The van der Waals surface area contributed by atoms with Crippen LogP contribution < -0.4 is 4.90 Å². The van der Waals surface area contributed by atoms with Gasteiger partial charge in [0.25, 0.3) is 5.91 Å². The smallest absolute Gasteiger partial charge is 0.259 e. The van der Waals surface area contributed by atoms with Crippen molar-refractivity contribution in [2.45, 2.75) is 78.2 Å². The third kappa shape index (κ3) is 8.59. The van der Waals surface area contributed by atoms with Crippen LogP contribution in [0.3, 0.4) is 0 Å². The molecule has 1 saturated carbocycles. The first-order valence-corrected chi connectivity index (χ1v) is 14.9. The van der Waals surface area contributed by atoms with Gasteiger partial charge in [0.1, 0.15) is 5.82 Å². The van der Waals surface area contributed by atoms with Gasteiger partial charge in [-0.3, -0.25) is 14.6 Å². The first-order chi connectivity index (χ1) is 18.9. The molecule has 6 nitrogen and oxygen atoms in total. The molecule has 4 rings (SSSR count). The maximum Gasteiger partial charge on any atom is 0.259 e. The third-order valence-corrected chi connectivity index (χ3v) is 8.07. The van der Waals surface area contributed by atoms with Crippen LogP contribution in [0.5, 0.6) is 0 Å². The van der Waals surface area contributed by atoms with Crippen molar-refractivity contribution in [3.05, 3.63) is 59.7 Å². The van der Waals surface area contributed by atoms with E-state index in [1.54, 1.807) is 35.5 Å². The molecular formula is C32H45FN4O2. The maximum atomic E-state index is 14.6. The molecule has 2 aromatic rings. The van der Waals surface area contributed by atoms with Gasteiger partial charge in [0.15, 0.2) is 0 Å². The van der Waals surface area contributed by atoms with Crippen LogP contribution in [-0.2, 0) is 11.3 Å². The summed E-state index contributed by atoms with van der Waals surface area (Å²) in [6.45, 7) is 8.63. The van der Waals surface area contributed by atoms with E-state index in [1.165, 1.54) is 44.2 Å². The molecule has 1 aliphatic carbocycles. The van der Waals surface area contributed by atoms with Crippen LogP contribution in [0.15, 0.2) is 42.7 Å². The largest absolute Gasteiger partial charge is 0.338 e. The molecule has 0 atom stereocenters. The Hall–Kier alpha value is -2.80. The monoisotopic (exact) mass is 536 g/mol. The Bertz CT molecular complexity index is 1070. The van der Waals surface area contributed by atoms with Gasteiger partial charge < -0.3 is 14.7 Å². The number of pyridine rings is 1. The highest BCUT2D eigenvalue weighted by molar-refractivity contribution is 6.06. The normalized spacial score (nSPS) is 18.4. The van der Waals surface area contributed by atoms with Gasteiger partial charge in [-0.25, -0.2) is 4.39 Å². The predicted octanol–water partition coefficient (Wildman–Crippen LogP) is 6.31. The summed E-state index contributed by atoms with van der Waals surface area (Å²) in [6, 6.07) is 8.13. The van der Waals surface area contributed by atoms with Gasteiger partial charge in [-0.15, -0.1) is 0 Å². The van der Waals surface area contributed by atoms with E-state index >= 15 is 0 Å². The number of rotatable bonds is 6. The lowest BCUT2D eigenvalue weighted by atomic mass is 9.86. The number of hydrogen-bond donors (Lipinski definition) is 0. The molecule has 0 N–H and O–H groups in total. The summed E-state index contributed by atoms with van der Waals surface area (Å²) < 4.78 is 14.6. The Morgan fingerprint density at radius 1 is 1.00 bits per heavy atom. The second-order valence-corrected chi connectivity index (χ2v) is 11.7. The topological polar surface area (TPSA) is 56.8 Å². The van der Waals surface area contributed by atoms with Crippen molar-refractivity contribution < 1.29 is 14.0 Å². The molecule has 0 spiro atoms. The lowest BCUT2D eigenvalue weighted by Crippen LogP contribution is -2.40. The fourth-order valence-electron chi connectivity index (χ4n) is 6.13. The molecule has 1 aliphatic heterocycles. The Morgan fingerprint density at radius 2 is 1.77 bits per heavy atom. The number of hydrogen-bond acceptors (Lipinski definition) is 4. The Morgan fingerprint density at radius 3 is 2.49 bits per heavy atom. The molecule has 1 fully saturated rings. The number of anilines is 1. The predicted molar refractivity (Wildman–Crippen MR) is 154 cm³/mol. The van der Waals surface area contributed by atoms with E-state index in [0.717, 1.165) is 38.9 Å². The molecule has 1 aromatic heterocycles. The molecule has 0 saturated heterocycles. The molecule has 0 radical (unpaired) electrons. The molecule has 2 amide bonds. The molecule has 2 aliphatic rings. The number of benzene rings is 1. The number of nitrogens with zero attached hydrogens (tertiary/aromatic N) is 4. The molecule has 1 aromatic carbocycles. The van der Waals surface area contributed by atoms with Crippen molar-refractivity contribution in [1.29, 1.82) is 0 Å². The Kier molecular flexibility index (Phi) is 10.9. The summed E-state index contributed by atoms with van der Waals surface area (Å²) in [6.07, 6.45) is 12.6. The second-order valence-electron chi connectivity index (χ2n) is 11.7. The standard InChI is InChI=1S/C32H45FN4O2/c1-25(2)23-35-17-7-19-36(31(38)15-12-26-9-4-3-5-10-26)24-28-21-29(33)13-14-30(28)37(20-8-18-35)32(39)27-11-6-16-34-22-27/h6,11,13-14,16,21-22,25-26H,3-5,7-10,12,15,17-20,23-24H2,1-2H3. The molecule has 7 heteroatoms. The Balaban J connectivity index is 1.62. The van der Waals surface area contributed by atoms with Crippen LogP contribution in [0.2, 0.25) is 0 Å². The first kappa shape index (κ1) is 29.2. The lowest BCUT2D eigenvalue weighted by Gasteiger charge is -2.32. The SMILES string of the molecule is CC(C)CN1CCCN(C(=O)CCC2CCCCC2)Cc2cc(F)ccc2N(C(=O)c2cccnc2)CCC1. The van der Waals surface area contributed by atoms with Crippen LogP contribution >= 0.6 is 0 Å². The average molecular weight is 537 g/mol. The second kappa shape index (κ2) is 14.5. The summed E-state index contributed by atoms with van der Waals surface area (Å²) in [5, 5.41) is 0. The minimum Gasteiger partial charge on any atom is -0.338 e. The summed E-state index contributed by atoms with van der Waals surface area (Å²) >= 11 is 0. The van der Waals surface area contributed by atoms with Crippen molar-refractivity contribution >= 4 is 17.5 Å². The number of carbonyl (C=O) groups is 2. The number of carbonyl (C=O) groups excluding carboxylic acids is 2. The van der Waals surface area contributed by atoms with Gasteiger partial charge in [-0.1, -0.05) is 46.0 Å². The van der Waals surface area contributed by atoms with E-state index in [2.05, 4.69) is 23.7 Å². The summed E-state index contributed by atoms with van der Waals surface area (Å²) in [7, 11) is 0. The zero-order valence-corrected chi connectivity index (χ0v) is 23.8.